The van der Waals surface area contributed by atoms with Gasteiger partial charge in [-0.05, 0) is 47.5 Å². The molecule has 0 saturated heterocycles. The quantitative estimate of drug-likeness (QED) is 0.889. The van der Waals surface area contributed by atoms with E-state index >= 15 is 0 Å². The van der Waals surface area contributed by atoms with Gasteiger partial charge in [-0.15, -0.1) is 11.3 Å². The Morgan fingerprint density at radius 3 is 2.71 bits per heavy atom. The number of carbonyl (C=O) groups excluding carboxylic acids is 1. The molecule has 126 valence electrons. The van der Waals surface area contributed by atoms with Gasteiger partial charge in [-0.1, -0.05) is 19.1 Å². The van der Waals surface area contributed by atoms with Crippen molar-refractivity contribution in [3.8, 4) is 0 Å². The van der Waals surface area contributed by atoms with Gasteiger partial charge in [-0.2, -0.15) is 0 Å². The molecule has 0 bridgehead atoms. The van der Waals surface area contributed by atoms with Crippen molar-refractivity contribution in [2.45, 2.75) is 32.4 Å². The maximum absolute atomic E-state index is 12.6. The molecule has 2 N–H and O–H groups in total. The first-order valence-electron chi connectivity index (χ1n) is 8.03. The number of amides is 2. The van der Waals surface area contributed by atoms with Crippen LogP contribution in [0, 0.1) is 0 Å². The van der Waals surface area contributed by atoms with Crippen molar-refractivity contribution in [2.75, 3.05) is 6.54 Å². The van der Waals surface area contributed by atoms with Crippen molar-refractivity contribution in [3.05, 3.63) is 57.3 Å². The maximum atomic E-state index is 12.6. The number of fused-ring (bicyclic) bond motifs is 1. The summed E-state index contributed by atoms with van der Waals surface area (Å²) in [6.45, 7) is 3.22. The molecule has 0 fully saturated rings. The fourth-order valence-corrected chi connectivity index (χ4v) is 4.05. The molecule has 1 aromatic carbocycles. The topological polar surface area (TPSA) is 69.6 Å². The van der Waals surface area contributed by atoms with Crippen molar-refractivity contribution in [1.29, 1.82) is 0 Å². The summed E-state index contributed by atoms with van der Waals surface area (Å²) < 4.78 is 0. The molecule has 0 spiro atoms. The summed E-state index contributed by atoms with van der Waals surface area (Å²) in [6, 6.07) is 8.75. The molecule has 0 radical (unpaired) electrons. The number of nitrogens with zero attached hydrogens (tertiary/aromatic N) is 1. The number of carboxylic acid groups (broad SMARTS) is 1. The molecular formula is C18H20N2O3S. The van der Waals surface area contributed by atoms with Crippen molar-refractivity contribution >= 4 is 23.3 Å². The third-order valence-electron chi connectivity index (χ3n) is 4.39. The van der Waals surface area contributed by atoms with Gasteiger partial charge in [0.2, 0.25) is 0 Å². The lowest BCUT2D eigenvalue weighted by atomic mass is 9.98. The third kappa shape index (κ3) is 3.28. The van der Waals surface area contributed by atoms with Crippen LogP contribution in [0.2, 0.25) is 0 Å². The first kappa shape index (κ1) is 16.5. The van der Waals surface area contributed by atoms with Crippen LogP contribution < -0.4 is 5.32 Å². The van der Waals surface area contributed by atoms with Gasteiger partial charge in [0.1, 0.15) is 0 Å². The van der Waals surface area contributed by atoms with Crippen LogP contribution in [-0.2, 0) is 13.0 Å². The Labute approximate surface area is 144 Å². The second-order valence-electron chi connectivity index (χ2n) is 5.83. The lowest BCUT2D eigenvalue weighted by Gasteiger charge is -2.35. The summed E-state index contributed by atoms with van der Waals surface area (Å²) in [5.41, 5.74) is 2.40. The first-order valence-corrected chi connectivity index (χ1v) is 8.91. The predicted octanol–water partition coefficient (Wildman–Crippen LogP) is 3.67. The van der Waals surface area contributed by atoms with Crippen molar-refractivity contribution in [1.82, 2.24) is 10.2 Å². The molecule has 1 atom stereocenters. The van der Waals surface area contributed by atoms with Crippen LogP contribution in [0.5, 0.6) is 0 Å². The SMILES string of the molecule is CCC1c2ccsc2CCN1C(=O)NCc1ccc(C(=O)O)cc1. The van der Waals surface area contributed by atoms with Gasteiger partial charge < -0.3 is 15.3 Å². The van der Waals surface area contributed by atoms with Gasteiger partial charge >= 0.3 is 12.0 Å². The molecule has 2 aromatic rings. The molecule has 2 heterocycles. The van der Waals surface area contributed by atoms with E-state index in [1.54, 1.807) is 35.6 Å². The van der Waals surface area contributed by atoms with E-state index in [0.717, 1.165) is 24.9 Å². The molecule has 1 aromatic heterocycles. The predicted molar refractivity (Wildman–Crippen MR) is 93.4 cm³/mol. The number of benzene rings is 1. The largest absolute Gasteiger partial charge is 0.478 e. The molecule has 3 rings (SSSR count). The van der Waals surface area contributed by atoms with E-state index < -0.39 is 5.97 Å². The Morgan fingerprint density at radius 2 is 2.04 bits per heavy atom. The highest BCUT2D eigenvalue weighted by atomic mass is 32.1. The molecule has 1 aliphatic heterocycles. The second-order valence-corrected chi connectivity index (χ2v) is 6.83. The van der Waals surface area contributed by atoms with Crippen LogP contribution in [0.1, 0.15) is 45.7 Å². The molecule has 24 heavy (non-hydrogen) atoms. The van der Waals surface area contributed by atoms with Crippen molar-refractivity contribution in [2.24, 2.45) is 0 Å². The van der Waals surface area contributed by atoms with Gasteiger partial charge in [0.25, 0.3) is 0 Å². The minimum absolute atomic E-state index is 0.0685. The standard InChI is InChI=1S/C18H20N2O3S/c1-2-15-14-8-10-24-16(14)7-9-20(15)18(23)19-11-12-3-5-13(6-4-12)17(21)22/h3-6,8,10,15H,2,7,9,11H2,1H3,(H,19,23)(H,21,22). The minimum Gasteiger partial charge on any atom is -0.478 e. The van der Waals surface area contributed by atoms with E-state index in [-0.39, 0.29) is 17.6 Å². The van der Waals surface area contributed by atoms with Gasteiger partial charge in [-0.3, -0.25) is 0 Å². The Bertz CT molecular complexity index is 739. The summed E-state index contributed by atoms with van der Waals surface area (Å²) in [7, 11) is 0. The van der Waals surface area contributed by atoms with E-state index in [1.165, 1.54) is 10.4 Å². The summed E-state index contributed by atoms with van der Waals surface area (Å²) in [5, 5.41) is 14.0. The Hall–Kier alpha value is -2.34. The van der Waals surface area contributed by atoms with E-state index in [1.807, 2.05) is 4.90 Å². The van der Waals surface area contributed by atoms with Crippen molar-refractivity contribution in [3.63, 3.8) is 0 Å². The van der Waals surface area contributed by atoms with Gasteiger partial charge in [0.15, 0.2) is 0 Å². The lowest BCUT2D eigenvalue weighted by molar-refractivity contribution is 0.0697. The van der Waals surface area contributed by atoms with E-state index in [9.17, 15) is 9.59 Å². The number of nitrogens with one attached hydrogen (secondary N) is 1. The smallest absolute Gasteiger partial charge is 0.335 e. The molecule has 1 unspecified atom stereocenters. The Morgan fingerprint density at radius 1 is 1.29 bits per heavy atom. The summed E-state index contributed by atoms with van der Waals surface area (Å²) in [4.78, 5) is 26.7. The summed E-state index contributed by atoms with van der Waals surface area (Å²) in [5.74, 6) is -0.948. The lowest BCUT2D eigenvalue weighted by Crippen LogP contribution is -2.44. The Balaban J connectivity index is 1.63. The normalized spacial score (nSPS) is 16.5. The van der Waals surface area contributed by atoms with Crippen molar-refractivity contribution < 1.29 is 14.7 Å². The number of rotatable bonds is 4. The molecule has 1 aliphatic rings. The fourth-order valence-electron chi connectivity index (χ4n) is 3.12. The van der Waals surface area contributed by atoms with Crippen LogP contribution in [0.3, 0.4) is 0 Å². The first-order chi connectivity index (χ1) is 11.6. The number of aromatic carboxylic acids is 1. The number of hydrogen-bond donors (Lipinski definition) is 2. The number of urea groups is 1. The molecule has 6 heteroatoms. The highest BCUT2D eigenvalue weighted by molar-refractivity contribution is 7.10. The van der Waals surface area contributed by atoms with Crippen LogP contribution in [0.15, 0.2) is 35.7 Å². The van der Waals surface area contributed by atoms with Crippen LogP contribution >= 0.6 is 11.3 Å². The zero-order valence-electron chi connectivity index (χ0n) is 13.5. The fraction of sp³-hybridized carbons (Fsp3) is 0.333. The van der Waals surface area contributed by atoms with Crippen LogP contribution in [0.25, 0.3) is 0 Å². The highest BCUT2D eigenvalue weighted by Crippen LogP contribution is 2.35. The number of thiophene rings is 1. The molecule has 0 aliphatic carbocycles. The van der Waals surface area contributed by atoms with E-state index in [0.29, 0.717) is 6.54 Å². The average molecular weight is 344 g/mol. The minimum atomic E-state index is -0.948. The zero-order chi connectivity index (χ0) is 17.1. The number of hydrogen-bond acceptors (Lipinski definition) is 3. The van der Waals surface area contributed by atoms with Gasteiger partial charge in [0, 0.05) is 18.0 Å². The van der Waals surface area contributed by atoms with E-state index in [4.69, 9.17) is 5.11 Å². The van der Waals surface area contributed by atoms with Gasteiger partial charge in [-0.25, -0.2) is 9.59 Å². The molecule has 5 nitrogen and oxygen atoms in total. The summed E-state index contributed by atoms with van der Waals surface area (Å²) in [6.07, 6.45) is 1.80. The maximum Gasteiger partial charge on any atom is 0.335 e. The highest BCUT2D eigenvalue weighted by Gasteiger charge is 2.30. The second kappa shape index (κ2) is 7.05. The Kier molecular flexibility index (Phi) is 4.85. The number of carbonyl (C=O) groups is 2. The monoisotopic (exact) mass is 344 g/mol. The number of carboxylic acids is 1. The zero-order valence-corrected chi connectivity index (χ0v) is 14.3. The molecule has 0 saturated carbocycles. The van der Waals surface area contributed by atoms with Crippen LogP contribution in [-0.4, -0.2) is 28.6 Å². The third-order valence-corrected chi connectivity index (χ3v) is 5.38. The summed E-state index contributed by atoms with van der Waals surface area (Å²) >= 11 is 1.77. The van der Waals surface area contributed by atoms with Gasteiger partial charge in [0.05, 0.1) is 11.6 Å². The molecular weight excluding hydrogens is 324 g/mol. The average Bonchev–Trinajstić information content (AvgIpc) is 3.07. The van der Waals surface area contributed by atoms with Crippen LogP contribution in [0.4, 0.5) is 4.79 Å². The molecule has 2 amide bonds. The van der Waals surface area contributed by atoms with E-state index in [2.05, 4.69) is 23.7 Å².